The molecule has 0 atom stereocenters. The molecular weight excluding hydrogens is 362 g/mol. The van der Waals surface area contributed by atoms with Crippen molar-refractivity contribution in [1.29, 1.82) is 0 Å². The van der Waals surface area contributed by atoms with Crippen LogP contribution in [0.15, 0.2) is 60.7 Å². The summed E-state index contributed by atoms with van der Waals surface area (Å²) in [6, 6.07) is 20.0. The fourth-order valence-electron chi connectivity index (χ4n) is 4.71. The molecule has 0 saturated heterocycles. The number of fused-ring (bicyclic) bond motifs is 4. The van der Waals surface area contributed by atoms with E-state index in [1.807, 2.05) is 24.3 Å². The normalized spacial score (nSPS) is 14.6. The Balaban J connectivity index is 1.33. The van der Waals surface area contributed by atoms with Crippen molar-refractivity contribution in [3.63, 3.8) is 0 Å². The first kappa shape index (κ1) is 17.8. The van der Waals surface area contributed by atoms with Crippen molar-refractivity contribution in [1.82, 2.24) is 0 Å². The summed E-state index contributed by atoms with van der Waals surface area (Å²) in [6.45, 7) is 0.292. The van der Waals surface area contributed by atoms with Gasteiger partial charge in [0.2, 0.25) is 0 Å². The minimum Gasteiger partial charge on any atom is -0.508 e. The molecule has 0 bridgehead atoms. The molecule has 2 aliphatic carbocycles. The Kier molecular flexibility index (Phi) is 4.47. The summed E-state index contributed by atoms with van der Waals surface area (Å²) in [5.41, 5.74) is 7.55. The Bertz CT molecular complexity index is 1040. The largest absolute Gasteiger partial charge is 0.508 e. The predicted molar refractivity (Wildman–Crippen MR) is 113 cm³/mol. The lowest BCUT2D eigenvalue weighted by Crippen LogP contribution is -2.19. The first-order valence-electron chi connectivity index (χ1n) is 10.2. The molecule has 29 heavy (non-hydrogen) atoms. The van der Waals surface area contributed by atoms with Crippen molar-refractivity contribution >= 4 is 11.8 Å². The topological polar surface area (TPSA) is 58.6 Å². The maximum atomic E-state index is 12.6. The molecule has 1 amide bonds. The number of benzene rings is 3. The van der Waals surface area contributed by atoms with Gasteiger partial charge < -0.3 is 9.84 Å². The lowest BCUT2D eigenvalue weighted by molar-refractivity contribution is 0.158. The van der Waals surface area contributed by atoms with Crippen molar-refractivity contribution < 1.29 is 14.6 Å². The fourth-order valence-corrected chi connectivity index (χ4v) is 4.71. The number of aromatic hydroxyl groups is 1. The number of phenols is 1. The maximum absolute atomic E-state index is 12.6. The van der Waals surface area contributed by atoms with Crippen molar-refractivity contribution in [3.8, 4) is 16.9 Å². The second kappa shape index (κ2) is 7.28. The highest BCUT2D eigenvalue weighted by atomic mass is 16.5. The van der Waals surface area contributed by atoms with Gasteiger partial charge in [-0.1, -0.05) is 48.5 Å². The third-order valence-corrected chi connectivity index (χ3v) is 6.09. The zero-order valence-corrected chi connectivity index (χ0v) is 16.2. The number of carbonyl (C=O) groups is 1. The van der Waals surface area contributed by atoms with E-state index in [2.05, 4.69) is 29.6 Å². The zero-order valence-electron chi connectivity index (χ0n) is 16.2. The van der Waals surface area contributed by atoms with E-state index < -0.39 is 6.09 Å². The van der Waals surface area contributed by atoms with E-state index in [4.69, 9.17) is 4.74 Å². The molecule has 0 saturated carbocycles. The second-order valence-corrected chi connectivity index (χ2v) is 7.75. The molecule has 146 valence electrons. The van der Waals surface area contributed by atoms with Gasteiger partial charge in [0.1, 0.15) is 12.4 Å². The van der Waals surface area contributed by atoms with E-state index in [1.165, 1.54) is 22.3 Å². The summed E-state index contributed by atoms with van der Waals surface area (Å²) in [6.07, 6.45) is 3.39. The molecule has 4 heteroatoms. The van der Waals surface area contributed by atoms with Gasteiger partial charge in [-0.2, -0.15) is 0 Å². The third-order valence-electron chi connectivity index (χ3n) is 6.09. The molecule has 0 fully saturated rings. The molecule has 0 aliphatic heterocycles. The van der Waals surface area contributed by atoms with Gasteiger partial charge in [0, 0.05) is 11.6 Å². The molecule has 5 rings (SSSR count). The molecule has 3 aromatic carbocycles. The van der Waals surface area contributed by atoms with E-state index >= 15 is 0 Å². The Morgan fingerprint density at radius 3 is 2.21 bits per heavy atom. The van der Waals surface area contributed by atoms with Crippen LogP contribution in [-0.2, 0) is 17.6 Å². The van der Waals surface area contributed by atoms with Gasteiger partial charge in [0.25, 0.3) is 0 Å². The number of anilines is 1. The first-order chi connectivity index (χ1) is 14.2. The molecule has 0 aromatic heterocycles. The van der Waals surface area contributed by atoms with Gasteiger partial charge in [-0.15, -0.1) is 0 Å². The van der Waals surface area contributed by atoms with Crippen molar-refractivity contribution in [2.45, 2.75) is 31.6 Å². The Labute approximate surface area is 170 Å². The summed E-state index contributed by atoms with van der Waals surface area (Å²) < 4.78 is 5.65. The van der Waals surface area contributed by atoms with Gasteiger partial charge >= 0.3 is 6.09 Å². The van der Waals surface area contributed by atoms with Crippen LogP contribution in [0.25, 0.3) is 11.1 Å². The number of phenolic OH excluding ortho intramolecular Hbond substituents is 1. The average molecular weight is 385 g/mol. The Hall–Kier alpha value is -3.27. The summed E-state index contributed by atoms with van der Waals surface area (Å²) in [7, 11) is 0. The highest BCUT2D eigenvalue weighted by Crippen LogP contribution is 2.44. The highest BCUT2D eigenvalue weighted by molar-refractivity contribution is 5.87. The second-order valence-electron chi connectivity index (χ2n) is 7.75. The minimum atomic E-state index is -0.453. The van der Waals surface area contributed by atoms with Gasteiger partial charge in [-0.3, -0.25) is 5.32 Å². The third kappa shape index (κ3) is 3.15. The van der Waals surface area contributed by atoms with Crippen LogP contribution in [0.2, 0.25) is 0 Å². The number of hydrogen-bond acceptors (Lipinski definition) is 3. The fraction of sp³-hybridized carbons (Fsp3) is 0.240. The number of hydrogen-bond donors (Lipinski definition) is 2. The lowest BCUT2D eigenvalue weighted by atomic mass is 9.89. The van der Waals surface area contributed by atoms with Crippen LogP contribution in [0, 0.1) is 0 Å². The van der Waals surface area contributed by atoms with Crippen LogP contribution in [0.5, 0.6) is 5.75 Å². The number of rotatable bonds is 3. The zero-order chi connectivity index (χ0) is 19.8. The van der Waals surface area contributed by atoms with Crippen LogP contribution < -0.4 is 5.32 Å². The van der Waals surface area contributed by atoms with Crippen molar-refractivity contribution in [2.75, 3.05) is 11.9 Å². The first-order valence-corrected chi connectivity index (χ1v) is 10.2. The monoisotopic (exact) mass is 385 g/mol. The van der Waals surface area contributed by atoms with E-state index in [0.717, 1.165) is 42.5 Å². The molecule has 2 aliphatic rings. The Morgan fingerprint density at radius 1 is 0.897 bits per heavy atom. The van der Waals surface area contributed by atoms with Gasteiger partial charge in [0.05, 0.1) is 0 Å². The quantitative estimate of drug-likeness (QED) is 0.574. The molecule has 0 spiro atoms. The number of amides is 1. The van der Waals surface area contributed by atoms with Crippen LogP contribution >= 0.6 is 0 Å². The SMILES string of the molecule is O=C(Nc1ccc(O)c2c1CCCC2)OCC1c2ccccc2-c2ccccc21. The molecule has 4 nitrogen and oxygen atoms in total. The summed E-state index contributed by atoms with van der Waals surface area (Å²) >= 11 is 0. The van der Waals surface area contributed by atoms with Gasteiger partial charge in [-0.25, -0.2) is 4.79 Å². The number of carbonyl (C=O) groups excluding carboxylic acids is 1. The summed E-state index contributed by atoms with van der Waals surface area (Å²) in [5.74, 6) is 0.361. The molecular formula is C25H23NO3. The van der Waals surface area contributed by atoms with Crippen LogP contribution in [0.4, 0.5) is 10.5 Å². The van der Waals surface area contributed by atoms with E-state index in [0.29, 0.717) is 12.4 Å². The maximum Gasteiger partial charge on any atom is 0.411 e. The average Bonchev–Trinajstić information content (AvgIpc) is 3.08. The van der Waals surface area contributed by atoms with E-state index in [9.17, 15) is 9.90 Å². The molecule has 0 heterocycles. The van der Waals surface area contributed by atoms with Crippen LogP contribution in [-0.4, -0.2) is 17.8 Å². The van der Waals surface area contributed by atoms with Crippen LogP contribution in [0.1, 0.15) is 41.0 Å². The lowest BCUT2D eigenvalue weighted by Gasteiger charge is -2.21. The Morgan fingerprint density at radius 2 is 1.52 bits per heavy atom. The minimum absolute atomic E-state index is 0.0434. The standard InChI is InChI=1S/C25H23NO3/c27-24-14-13-23(20-11-5-6-12-21(20)24)26-25(28)29-15-22-18-9-3-1-7-16(18)17-8-2-4-10-19(17)22/h1-4,7-10,13-14,22,27H,5-6,11-12,15H2,(H,26,28). The van der Waals surface area contributed by atoms with Gasteiger partial charge in [-0.05, 0) is 71.2 Å². The highest BCUT2D eigenvalue weighted by Gasteiger charge is 2.29. The molecule has 0 radical (unpaired) electrons. The number of nitrogens with one attached hydrogen (secondary N) is 1. The van der Waals surface area contributed by atoms with E-state index in [1.54, 1.807) is 12.1 Å². The molecule has 0 unspecified atom stereocenters. The van der Waals surface area contributed by atoms with Crippen molar-refractivity contribution in [2.24, 2.45) is 0 Å². The number of ether oxygens (including phenoxy) is 1. The summed E-state index contributed by atoms with van der Waals surface area (Å²) in [4.78, 5) is 12.6. The molecule has 3 aromatic rings. The van der Waals surface area contributed by atoms with Crippen LogP contribution in [0.3, 0.4) is 0 Å². The van der Waals surface area contributed by atoms with Crippen molar-refractivity contribution in [3.05, 3.63) is 82.9 Å². The predicted octanol–water partition coefficient (Wildman–Crippen LogP) is 5.63. The van der Waals surface area contributed by atoms with Gasteiger partial charge in [0.15, 0.2) is 0 Å². The van der Waals surface area contributed by atoms with E-state index in [-0.39, 0.29) is 5.92 Å². The molecule has 2 N–H and O–H groups in total. The summed E-state index contributed by atoms with van der Waals surface area (Å²) in [5, 5.41) is 13.0. The smallest absolute Gasteiger partial charge is 0.411 e.